The van der Waals surface area contributed by atoms with Crippen LogP contribution < -0.4 is 5.32 Å². The molecule has 0 bridgehead atoms. The van der Waals surface area contributed by atoms with Crippen LogP contribution in [0.25, 0.3) is 11.3 Å². The summed E-state index contributed by atoms with van der Waals surface area (Å²) in [6.45, 7) is 2.55. The number of nitrogens with one attached hydrogen (secondary N) is 1. The van der Waals surface area contributed by atoms with Gasteiger partial charge in [-0.25, -0.2) is 0 Å². The molecule has 0 saturated heterocycles. The molecule has 3 heteroatoms. The Morgan fingerprint density at radius 1 is 0.913 bits per heavy atom. The van der Waals surface area contributed by atoms with E-state index in [9.17, 15) is 5.11 Å². The summed E-state index contributed by atoms with van der Waals surface area (Å²) in [4.78, 5) is 0. The number of furan rings is 1. The SMILES string of the molecule is CC(NCc1ccc(-c2ccccc2)o1)C(O)c1ccccc1. The Labute approximate surface area is 136 Å². The third-order valence-electron chi connectivity index (χ3n) is 3.93. The van der Waals surface area contributed by atoms with E-state index in [1.165, 1.54) is 0 Å². The minimum absolute atomic E-state index is 0.0670. The second-order valence-corrected chi connectivity index (χ2v) is 5.66. The zero-order chi connectivity index (χ0) is 16.1. The Kier molecular flexibility index (Phi) is 4.91. The fourth-order valence-electron chi connectivity index (χ4n) is 2.54. The summed E-state index contributed by atoms with van der Waals surface area (Å²) >= 11 is 0. The smallest absolute Gasteiger partial charge is 0.134 e. The van der Waals surface area contributed by atoms with E-state index in [2.05, 4.69) is 5.32 Å². The van der Waals surface area contributed by atoms with Crippen molar-refractivity contribution in [1.29, 1.82) is 0 Å². The average molecular weight is 307 g/mol. The van der Waals surface area contributed by atoms with E-state index in [0.717, 1.165) is 22.6 Å². The lowest BCUT2D eigenvalue weighted by Crippen LogP contribution is -2.31. The molecule has 3 rings (SSSR count). The van der Waals surface area contributed by atoms with Gasteiger partial charge in [0.05, 0.1) is 12.6 Å². The summed E-state index contributed by atoms with van der Waals surface area (Å²) < 4.78 is 5.86. The molecule has 1 heterocycles. The van der Waals surface area contributed by atoms with Crippen LogP contribution in [0.1, 0.15) is 24.4 Å². The molecular formula is C20H21NO2. The molecule has 0 radical (unpaired) electrons. The van der Waals surface area contributed by atoms with E-state index in [1.54, 1.807) is 0 Å². The lowest BCUT2D eigenvalue weighted by molar-refractivity contribution is 0.134. The second kappa shape index (κ2) is 7.27. The maximum absolute atomic E-state index is 10.4. The van der Waals surface area contributed by atoms with Gasteiger partial charge in [0.1, 0.15) is 11.5 Å². The van der Waals surface area contributed by atoms with Crippen molar-refractivity contribution in [3.63, 3.8) is 0 Å². The Morgan fingerprint density at radius 3 is 2.26 bits per heavy atom. The highest BCUT2D eigenvalue weighted by atomic mass is 16.3. The lowest BCUT2D eigenvalue weighted by atomic mass is 10.0. The normalized spacial score (nSPS) is 13.7. The quantitative estimate of drug-likeness (QED) is 0.719. The van der Waals surface area contributed by atoms with Gasteiger partial charge in [-0.3, -0.25) is 0 Å². The van der Waals surface area contributed by atoms with Gasteiger partial charge in [-0.2, -0.15) is 0 Å². The number of aliphatic hydroxyl groups excluding tert-OH is 1. The molecule has 2 unspecified atom stereocenters. The molecule has 0 aliphatic carbocycles. The third kappa shape index (κ3) is 3.89. The van der Waals surface area contributed by atoms with Crippen LogP contribution in [0.4, 0.5) is 0 Å². The van der Waals surface area contributed by atoms with Crippen LogP contribution in [-0.2, 0) is 6.54 Å². The summed E-state index contributed by atoms with van der Waals surface area (Å²) in [5.41, 5.74) is 1.98. The Balaban J connectivity index is 1.59. The van der Waals surface area contributed by atoms with Crippen molar-refractivity contribution in [3.8, 4) is 11.3 Å². The zero-order valence-electron chi connectivity index (χ0n) is 13.1. The van der Waals surface area contributed by atoms with Crippen LogP contribution in [-0.4, -0.2) is 11.1 Å². The van der Waals surface area contributed by atoms with E-state index in [-0.39, 0.29) is 6.04 Å². The predicted molar refractivity (Wildman–Crippen MR) is 91.8 cm³/mol. The van der Waals surface area contributed by atoms with E-state index in [0.29, 0.717) is 6.54 Å². The zero-order valence-corrected chi connectivity index (χ0v) is 13.1. The minimum Gasteiger partial charge on any atom is -0.460 e. The first kappa shape index (κ1) is 15.5. The molecule has 0 spiro atoms. The molecule has 2 aromatic carbocycles. The highest BCUT2D eigenvalue weighted by Crippen LogP contribution is 2.22. The van der Waals surface area contributed by atoms with Crippen molar-refractivity contribution in [1.82, 2.24) is 5.32 Å². The molecule has 0 saturated carbocycles. The van der Waals surface area contributed by atoms with Gasteiger partial charge in [0.25, 0.3) is 0 Å². The number of rotatable bonds is 6. The van der Waals surface area contributed by atoms with Gasteiger partial charge in [0.2, 0.25) is 0 Å². The summed E-state index contributed by atoms with van der Waals surface area (Å²) in [5.74, 6) is 1.72. The van der Waals surface area contributed by atoms with E-state index < -0.39 is 6.10 Å². The molecule has 23 heavy (non-hydrogen) atoms. The molecular weight excluding hydrogens is 286 g/mol. The van der Waals surface area contributed by atoms with Crippen LogP contribution in [0.15, 0.2) is 77.2 Å². The van der Waals surface area contributed by atoms with Crippen LogP contribution in [0.2, 0.25) is 0 Å². The van der Waals surface area contributed by atoms with Crippen LogP contribution in [0.5, 0.6) is 0 Å². The number of benzene rings is 2. The highest BCUT2D eigenvalue weighted by Gasteiger charge is 2.16. The van der Waals surface area contributed by atoms with Gasteiger partial charge in [-0.15, -0.1) is 0 Å². The van der Waals surface area contributed by atoms with E-state index in [1.807, 2.05) is 79.7 Å². The summed E-state index contributed by atoms with van der Waals surface area (Å²) in [7, 11) is 0. The molecule has 0 aliphatic rings. The van der Waals surface area contributed by atoms with Gasteiger partial charge in [0, 0.05) is 11.6 Å². The van der Waals surface area contributed by atoms with Crippen molar-refractivity contribution < 1.29 is 9.52 Å². The van der Waals surface area contributed by atoms with Gasteiger partial charge in [-0.1, -0.05) is 60.7 Å². The van der Waals surface area contributed by atoms with Crippen LogP contribution >= 0.6 is 0 Å². The van der Waals surface area contributed by atoms with Crippen molar-refractivity contribution in [2.75, 3.05) is 0 Å². The Morgan fingerprint density at radius 2 is 1.57 bits per heavy atom. The first-order valence-electron chi connectivity index (χ1n) is 7.84. The monoisotopic (exact) mass is 307 g/mol. The average Bonchev–Trinajstić information content (AvgIpc) is 3.09. The van der Waals surface area contributed by atoms with Gasteiger partial charge in [0.15, 0.2) is 0 Å². The first-order chi connectivity index (χ1) is 11.2. The number of aliphatic hydroxyl groups is 1. The minimum atomic E-state index is -0.542. The Hall–Kier alpha value is -2.36. The molecule has 2 atom stereocenters. The predicted octanol–water partition coefficient (Wildman–Crippen LogP) is 4.16. The number of hydrogen-bond acceptors (Lipinski definition) is 3. The lowest BCUT2D eigenvalue weighted by Gasteiger charge is -2.20. The largest absolute Gasteiger partial charge is 0.460 e. The summed E-state index contributed by atoms with van der Waals surface area (Å²) in [6.07, 6.45) is -0.542. The molecule has 3 aromatic rings. The van der Waals surface area contributed by atoms with Crippen LogP contribution in [0.3, 0.4) is 0 Å². The maximum Gasteiger partial charge on any atom is 0.134 e. The molecule has 0 amide bonds. The second-order valence-electron chi connectivity index (χ2n) is 5.66. The summed E-state index contributed by atoms with van der Waals surface area (Å²) in [5, 5.41) is 13.7. The number of hydrogen-bond donors (Lipinski definition) is 2. The fraction of sp³-hybridized carbons (Fsp3) is 0.200. The highest BCUT2D eigenvalue weighted by molar-refractivity contribution is 5.57. The standard InChI is InChI=1S/C20H21NO2/c1-15(20(22)17-10-6-3-7-11-17)21-14-18-12-13-19(23-18)16-8-4-2-5-9-16/h2-13,15,20-22H,14H2,1H3. The summed E-state index contributed by atoms with van der Waals surface area (Å²) in [6, 6.07) is 23.6. The molecule has 2 N–H and O–H groups in total. The van der Waals surface area contributed by atoms with Gasteiger partial charge < -0.3 is 14.8 Å². The van der Waals surface area contributed by atoms with Gasteiger partial charge in [-0.05, 0) is 24.6 Å². The van der Waals surface area contributed by atoms with E-state index >= 15 is 0 Å². The Bertz CT molecular complexity index is 722. The molecule has 118 valence electrons. The van der Waals surface area contributed by atoms with Crippen molar-refractivity contribution in [3.05, 3.63) is 84.1 Å². The van der Waals surface area contributed by atoms with Gasteiger partial charge >= 0.3 is 0 Å². The topological polar surface area (TPSA) is 45.4 Å². The molecule has 3 nitrogen and oxygen atoms in total. The van der Waals surface area contributed by atoms with Crippen molar-refractivity contribution in [2.45, 2.75) is 25.6 Å². The van der Waals surface area contributed by atoms with Crippen molar-refractivity contribution in [2.24, 2.45) is 0 Å². The third-order valence-corrected chi connectivity index (χ3v) is 3.93. The molecule has 1 aromatic heterocycles. The molecule has 0 fully saturated rings. The van der Waals surface area contributed by atoms with E-state index in [4.69, 9.17) is 4.42 Å². The maximum atomic E-state index is 10.4. The van der Waals surface area contributed by atoms with Crippen LogP contribution in [0, 0.1) is 0 Å². The fourth-order valence-corrected chi connectivity index (χ4v) is 2.54. The first-order valence-corrected chi connectivity index (χ1v) is 7.84. The molecule has 0 aliphatic heterocycles. The van der Waals surface area contributed by atoms with Crippen molar-refractivity contribution >= 4 is 0 Å².